The minimum absolute atomic E-state index is 0.189. The van der Waals surface area contributed by atoms with Gasteiger partial charge in [0.15, 0.2) is 5.78 Å². The van der Waals surface area contributed by atoms with E-state index in [4.69, 9.17) is 5.73 Å². The van der Waals surface area contributed by atoms with Gasteiger partial charge in [-0.05, 0) is 55.0 Å². The van der Waals surface area contributed by atoms with Crippen molar-refractivity contribution in [1.82, 2.24) is 15.2 Å². The molecule has 2 saturated carbocycles. The maximum Gasteiger partial charge on any atom is 0.228 e. The van der Waals surface area contributed by atoms with Crippen molar-refractivity contribution >= 4 is 22.6 Å². The molecule has 2 fully saturated rings. The van der Waals surface area contributed by atoms with Crippen LogP contribution in [0.5, 0.6) is 0 Å². The van der Waals surface area contributed by atoms with Crippen LogP contribution in [0.3, 0.4) is 0 Å². The highest BCUT2D eigenvalue weighted by atomic mass is 16.1. The molecule has 6 rings (SSSR count). The maximum atomic E-state index is 12.6. The van der Waals surface area contributed by atoms with Crippen molar-refractivity contribution in [3.63, 3.8) is 0 Å². The molecule has 0 spiro atoms. The quantitative estimate of drug-likeness (QED) is 0.412. The zero-order chi connectivity index (χ0) is 21.2. The minimum Gasteiger partial charge on any atom is -0.369 e. The second kappa shape index (κ2) is 6.41. The Balaban J connectivity index is 1.36. The number of carbonyl (C=O) groups is 2. The molecule has 1 amide bonds. The van der Waals surface area contributed by atoms with E-state index in [-0.39, 0.29) is 17.6 Å². The first-order valence-corrected chi connectivity index (χ1v) is 10.7. The summed E-state index contributed by atoms with van der Waals surface area (Å²) in [5.74, 6) is 0.159. The molecule has 0 bridgehead atoms. The standard InChI is InChI=1S/C25H22N4O2/c26-24(31)25(10-11-25)17-7-8-20-19(13-17)22(29-28-20)15-3-1-14(2-4-15)21-18(9-12-27-21)23(30)16-5-6-16/h1-4,7-9,12-13,16,27H,5-6,10-11H2,(H2,26,31)(H,28,29). The Morgan fingerprint density at radius 3 is 2.42 bits per heavy atom. The number of rotatable bonds is 6. The van der Waals surface area contributed by atoms with Gasteiger partial charge in [0.25, 0.3) is 0 Å². The highest BCUT2D eigenvalue weighted by Gasteiger charge is 2.50. The molecule has 0 aliphatic heterocycles. The van der Waals surface area contributed by atoms with Crippen LogP contribution in [0, 0.1) is 5.92 Å². The van der Waals surface area contributed by atoms with Crippen LogP contribution in [0.4, 0.5) is 0 Å². The van der Waals surface area contributed by atoms with E-state index in [1.807, 2.05) is 54.7 Å². The molecule has 6 nitrogen and oxygen atoms in total. The molecule has 2 aliphatic carbocycles. The van der Waals surface area contributed by atoms with Crippen LogP contribution in [0.1, 0.15) is 41.6 Å². The van der Waals surface area contributed by atoms with Gasteiger partial charge in [-0.1, -0.05) is 30.3 Å². The first-order chi connectivity index (χ1) is 15.1. The van der Waals surface area contributed by atoms with Gasteiger partial charge >= 0.3 is 0 Å². The summed E-state index contributed by atoms with van der Waals surface area (Å²) in [4.78, 5) is 27.7. The van der Waals surface area contributed by atoms with Crippen LogP contribution < -0.4 is 5.73 Å². The lowest BCUT2D eigenvalue weighted by Crippen LogP contribution is -2.28. The Bertz CT molecular complexity index is 1340. The lowest BCUT2D eigenvalue weighted by atomic mass is 9.93. The molecule has 2 aromatic carbocycles. The van der Waals surface area contributed by atoms with Crippen LogP contribution >= 0.6 is 0 Å². The Morgan fingerprint density at radius 1 is 1.00 bits per heavy atom. The molecule has 0 radical (unpaired) electrons. The summed E-state index contributed by atoms with van der Waals surface area (Å²) in [6.45, 7) is 0. The van der Waals surface area contributed by atoms with Crippen LogP contribution in [0.25, 0.3) is 33.4 Å². The van der Waals surface area contributed by atoms with Gasteiger partial charge in [-0.2, -0.15) is 5.10 Å². The monoisotopic (exact) mass is 410 g/mol. The number of nitrogens with zero attached hydrogens (tertiary/aromatic N) is 1. The second-order valence-electron chi connectivity index (χ2n) is 8.76. The van der Waals surface area contributed by atoms with Crippen molar-refractivity contribution in [2.75, 3.05) is 0 Å². The van der Waals surface area contributed by atoms with Crippen molar-refractivity contribution in [1.29, 1.82) is 0 Å². The third kappa shape index (κ3) is 2.82. The minimum atomic E-state index is -0.523. The average molecular weight is 410 g/mol. The number of hydrogen-bond acceptors (Lipinski definition) is 3. The molecular formula is C25H22N4O2. The van der Waals surface area contributed by atoms with Crippen LogP contribution in [-0.4, -0.2) is 26.9 Å². The van der Waals surface area contributed by atoms with E-state index in [0.29, 0.717) is 0 Å². The number of carbonyl (C=O) groups excluding carboxylic acids is 2. The Kier molecular flexibility index (Phi) is 3.75. The number of Topliss-reactive ketones (excluding diaryl/α,β-unsaturated/α-hetero) is 1. The number of nitrogens with two attached hydrogens (primary N) is 1. The number of aromatic nitrogens is 3. The van der Waals surface area contributed by atoms with Gasteiger partial charge in [-0.25, -0.2) is 0 Å². The number of H-pyrrole nitrogens is 2. The third-order valence-electron chi connectivity index (χ3n) is 6.74. The molecule has 2 heterocycles. The van der Waals surface area contributed by atoms with Crippen molar-refractivity contribution in [3.8, 4) is 22.5 Å². The fraction of sp³-hybridized carbons (Fsp3) is 0.240. The highest BCUT2D eigenvalue weighted by molar-refractivity contribution is 6.04. The molecule has 0 unspecified atom stereocenters. The normalized spacial score (nSPS) is 17.0. The number of primary amides is 1. The summed E-state index contributed by atoms with van der Waals surface area (Å²) < 4.78 is 0. The number of benzene rings is 2. The number of fused-ring (bicyclic) bond motifs is 1. The van der Waals surface area contributed by atoms with E-state index in [0.717, 1.165) is 70.2 Å². The topological polar surface area (TPSA) is 105 Å². The van der Waals surface area contributed by atoms with Gasteiger partial charge in [0.05, 0.1) is 22.3 Å². The molecule has 4 N–H and O–H groups in total. The van der Waals surface area contributed by atoms with Gasteiger partial charge < -0.3 is 10.7 Å². The summed E-state index contributed by atoms with van der Waals surface area (Å²) in [7, 11) is 0. The molecule has 154 valence electrons. The predicted molar refractivity (Wildman–Crippen MR) is 118 cm³/mol. The van der Waals surface area contributed by atoms with E-state index in [9.17, 15) is 9.59 Å². The van der Waals surface area contributed by atoms with Crippen molar-refractivity contribution in [2.24, 2.45) is 11.7 Å². The average Bonchev–Trinajstić information content (AvgIpc) is 3.70. The van der Waals surface area contributed by atoms with Gasteiger partial charge in [0.2, 0.25) is 5.91 Å². The summed E-state index contributed by atoms with van der Waals surface area (Å²) in [6, 6.07) is 15.9. The number of aromatic amines is 2. The van der Waals surface area contributed by atoms with Crippen LogP contribution in [-0.2, 0) is 10.2 Å². The van der Waals surface area contributed by atoms with Gasteiger partial charge in [0.1, 0.15) is 0 Å². The van der Waals surface area contributed by atoms with Crippen molar-refractivity contribution in [3.05, 3.63) is 65.9 Å². The van der Waals surface area contributed by atoms with E-state index in [1.165, 1.54) is 0 Å². The fourth-order valence-corrected chi connectivity index (χ4v) is 4.51. The van der Waals surface area contributed by atoms with Crippen LogP contribution in [0.15, 0.2) is 54.7 Å². The molecular weight excluding hydrogens is 388 g/mol. The molecule has 0 saturated heterocycles. The Labute approximate surface area is 178 Å². The SMILES string of the molecule is NC(=O)C1(c2ccc3[nH]nc(-c4ccc(-c5[nH]ccc5C(=O)C5CC5)cc4)c3c2)CC1. The first-order valence-electron chi connectivity index (χ1n) is 10.7. The molecule has 4 aromatic rings. The van der Waals surface area contributed by atoms with Crippen molar-refractivity contribution < 1.29 is 9.59 Å². The zero-order valence-electron chi connectivity index (χ0n) is 16.9. The Hall–Kier alpha value is -3.67. The lowest BCUT2D eigenvalue weighted by Gasteiger charge is -2.11. The largest absolute Gasteiger partial charge is 0.369 e. The Morgan fingerprint density at radius 2 is 1.74 bits per heavy atom. The van der Waals surface area contributed by atoms with Gasteiger partial charge in [-0.3, -0.25) is 14.7 Å². The second-order valence-corrected chi connectivity index (χ2v) is 8.76. The number of nitrogens with one attached hydrogen (secondary N) is 2. The predicted octanol–water partition coefficient (Wildman–Crippen LogP) is 4.33. The van der Waals surface area contributed by atoms with Gasteiger partial charge in [0, 0.05) is 28.6 Å². The maximum absolute atomic E-state index is 12.6. The number of hydrogen-bond donors (Lipinski definition) is 3. The fourth-order valence-electron chi connectivity index (χ4n) is 4.51. The summed E-state index contributed by atoms with van der Waals surface area (Å²) in [5, 5.41) is 8.58. The molecule has 2 aromatic heterocycles. The molecule has 2 aliphatic rings. The van der Waals surface area contributed by atoms with E-state index < -0.39 is 5.41 Å². The van der Waals surface area contributed by atoms with E-state index in [1.54, 1.807) is 0 Å². The summed E-state index contributed by atoms with van der Waals surface area (Å²) >= 11 is 0. The zero-order valence-corrected chi connectivity index (χ0v) is 16.9. The number of amides is 1. The first kappa shape index (κ1) is 18.1. The smallest absolute Gasteiger partial charge is 0.228 e. The van der Waals surface area contributed by atoms with Gasteiger partial charge in [-0.15, -0.1) is 0 Å². The molecule has 0 atom stereocenters. The third-order valence-corrected chi connectivity index (χ3v) is 6.74. The van der Waals surface area contributed by atoms with Crippen molar-refractivity contribution in [2.45, 2.75) is 31.1 Å². The lowest BCUT2D eigenvalue weighted by molar-refractivity contribution is -0.120. The number of ketones is 1. The summed E-state index contributed by atoms with van der Waals surface area (Å²) in [6.07, 6.45) is 5.41. The summed E-state index contributed by atoms with van der Waals surface area (Å²) in [5.41, 5.74) is 11.4. The van der Waals surface area contributed by atoms with E-state index in [2.05, 4.69) is 15.2 Å². The molecule has 31 heavy (non-hydrogen) atoms. The molecule has 6 heteroatoms. The van der Waals surface area contributed by atoms with E-state index >= 15 is 0 Å². The highest BCUT2D eigenvalue weighted by Crippen LogP contribution is 2.48. The van der Waals surface area contributed by atoms with Crippen LogP contribution in [0.2, 0.25) is 0 Å².